The summed E-state index contributed by atoms with van der Waals surface area (Å²) in [6, 6.07) is 16.5. The standard InChI is InChI=1S/C26H29Cl2N3O2/c1-5-30(17-32)24(33)31-15-22(18-7-6-8-21(28)13-18)26(16-29,23(31)14-25(2,3)4)19-9-11-20(27)12-10-19/h6-13,17,22-23H,5,14-15H2,1-4H3/t22-,23+,26-/m1/s1. The topological polar surface area (TPSA) is 64.4 Å². The van der Waals surface area contributed by atoms with Crippen LogP contribution < -0.4 is 0 Å². The van der Waals surface area contributed by atoms with Crippen molar-refractivity contribution < 1.29 is 9.59 Å². The minimum atomic E-state index is -1.06. The Bertz CT molecular complexity index is 1060. The number of likely N-dealkylation sites (tertiary alicyclic amines) is 1. The van der Waals surface area contributed by atoms with E-state index in [0.717, 1.165) is 16.0 Å². The summed E-state index contributed by atoms with van der Waals surface area (Å²) in [5, 5.41) is 12.0. The summed E-state index contributed by atoms with van der Waals surface area (Å²) < 4.78 is 0. The Morgan fingerprint density at radius 3 is 2.39 bits per heavy atom. The molecule has 1 fully saturated rings. The number of urea groups is 1. The molecule has 174 valence electrons. The van der Waals surface area contributed by atoms with Gasteiger partial charge in [-0.3, -0.25) is 9.69 Å². The Balaban J connectivity index is 2.29. The van der Waals surface area contributed by atoms with Crippen molar-refractivity contribution in [2.75, 3.05) is 13.1 Å². The molecule has 0 saturated carbocycles. The average molecular weight is 486 g/mol. The van der Waals surface area contributed by atoms with Crippen molar-refractivity contribution in [1.29, 1.82) is 5.26 Å². The van der Waals surface area contributed by atoms with Gasteiger partial charge >= 0.3 is 6.03 Å². The van der Waals surface area contributed by atoms with Crippen LogP contribution in [0.4, 0.5) is 4.79 Å². The molecule has 0 radical (unpaired) electrons. The van der Waals surface area contributed by atoms with Crippen molar-refractivity contribution in [2.45, 2.75) is 51.5 Å². The molecular weight excluding hydrogens is 457 g/mol. The van der Waals surface area contributed by atoms with Gasteiger partial charge in [0.05, 0.1) is 12.1 Å². The molecule has 1 saturated heterocycles. The second kappa shape index (κ2) is 9.75. The lowest BCUT2D eigenvalue weighted by molar-refractivity contribution is -0.116. The van der Waals surface area contributed by atoms with E-state index in [-0.39, 0.29) is 23.9 Å². The van der Waals surface area contributed by atoms with Crippen LogP contribution in [0.5, 0.6) is 0 Å². The molecule has 3 rings (SSSR count). The summed E-state index contributed by atoms with van der Waals surface area (Å²) in [4.78, 5) is 28.0. The summed E-state index contributed by atoms with van der Waals surface area (Å²) in [6.07, 6.45) is 1.13. The maximum Gasteiger partial charge on any atom is 0.326 e. The fraction of sp³-hybridized carbons (Fsp3) is 0.423. The third-order valence-corrected chi connectivity index (χ3v) is 6.84. The van der Waals surface area contributed by atoms with Crippen LogP contribution in [0.15, 0.2) is 48.5 Å². The van der Waals surface area contributed by atoms with E-state index in [1.165, 1.54) is 0 Å². The summed E-state index contributed by atoms with van der Waals surface area (Å²) in [6.45, 7) is 8.56. The third kappa shape index (κ3) is 4.88. The van der Waals surface area contributed by atoms with Gasteiger partial charge in [-0.05, 0) is 54.2 Å². The van der Waals surface area contributed by atoms with Gasteiger partial charge in [0.15, 0.2) is 0 Å². The number of nitriles is 1. The first-order chi connectivity index (χ1) is 15.6. The molecule has 0 aliphatic carbocycles. The molecule has 33 heavy (non-hydrogen) atoms. The average Bonchev–Trinajstić information content (AvgIpc) is 3.08. The van der Waals surface area contributed by atoms with Gasteiger partial charge in [-0.15, -0.1) is 0 Å². The third-order valence-electron chi connectivity index (χ3n) is 6.35. The molecule has 1 aliphatic rings. The van der Waals surface area contributed by atoms with Crippen LogP contribution in [0, 0.1) is 16.7 Å². The zero-order valence-electron chi connectivity index (χ0n) is 19.4. The molecule has 3 atom stereocenters. The molecule has 5 nitrogen and oxygen atoms in total. The summed E-state index contributed by atoms with van der Waals surface area (Å²) in [5.41, 5.74) is 0.431. The predicted octanol–water partition coefficient (Wildman–Crippen LogP) is 6.26. The van der Waals surface area contributed by atoms with E-state index >= 15 is 0 Å². The molecule has 3 amide bonds. The summed E-state index contributed by atoms with van der Waals surface area (Å²) >= 11 is 12.5. The first-order valence-corrected chi connectivity index (χ1v) is 11.8. The number of halogens is 2. The van der Waals surface area contributed by atoms with Gasteiger partial charge in [-0.2, -0.15) is 5.26 Å². The van der Waals surface area contributed by atoms with Gasteiger partial charge in [0.1, 0.15) is 5.41 Å². The van der Waals surface area contributed by atoms with Crippen LogP contribution in [-0.4, -0.2) is 41.4 Å². The minimum Gasteiger partial charge on any atom is -0.319 e. The normalized spacial score (nSPS) is 22.6. The fourth-order valence-corrected chi connectivity index (χ4v) is 5.18. The van der Waals surface area contributed by atoms with Crippen LogP contribution >= 0.6 is 23.2 Å². The number of imide groups is 1. The maximum absolute atomic E-state index is 13.5. The van der Waals surface area contributed by atoms with Crippen molar-refractivity contribution in [3.8, 4) is 6.07 Å². The Labute approximate surface area is 205 Å². The molecule has 1 aliphatic heterocycles. The van der Waals surface area contributed by atoms with Crippen molar-refractivity contribution in [2.24, 2.45) is 5.41 Å². The first kappa shape index (κ1) is 25.1. The van der Waals surface area contributed by atoms with Gasteiger partial charge in [0.25, 0.3) is 0 Å². The van der Waals surface area contributed by atoms with Crippen molar-refractivity contribution in [1.82, 2.24) is 9.80 Å². The van der Waals surface area contributed by atoms with E-state index in [9.17, 15) is 14.9 Å². The van der Waals surface area contributed by atoms with Crippen molar-refractivity contribution in [3.05, 3.63) is 69.7 Å². The Kier molecular flexibility index (Phi) is 7.41. The highest BCUT2D eigenvalue weighted by Crippen LogP contribution is 2.52. The van der Waals surface area contributed by atoms with Gasteiger partial charge < -0.3 is 4.90 Å². The number of rotatable bonds is 5. The molecule has 1 heterocycles. The van der Waals surface area contributed by atoms with E-state index in [4.69, 9.17) is 23.2 Å². The van der Waals surface area contributed by atoms with Crippen LogP contribution in [0.2, 0.25) is 10.0 Å². The lowest BCUT2D eigenvalue weighted by atomic mass is 9.64. The van der Waals surface area contributed by atoms with E-state index in [1.807, 2.05) is 30.3 Å². The van der Waals surface area contributed by atoms with E-state index in [0.29, 0.717) is 29.4 Å². The van der Waals surface area contributed by atoms with Crippen LogP contribution in [0.25, 0.3) is 0 Å². The maximum atomic E-state index is 13.5. The molecule has 0 bridgehead atoms. The van der Waals surface area contributed by atoms with Crippen molar-refractivity contribution >= 4 is 35.6 Å². The Morgan fingerprint density at radius 1 is 1.21 bits per heavy atom. The smallest absolute Gasteiger partial charge is 0.319 e. The van der Waals surface area contributed by atoms with Gasteiger partial charge in [0, 0.05) is 29.1 Å². The van der Waals surface area contributed by atoms with Gasteiger partial charge in [-0.1, -0.05) is 68.2 Å². The van der Waals surface area contributed by atoms with E-state index in [2.05, 4.69) is 26.8 Å². The molecule has 7 heteroatoms. The number of hydrogen-bond donors (Lipinski definition) is 0. The molecule has 0 N–H and O–H groups in total. The quantitative estimate of drug-likeness (QED) is 0.469. The molecule has 2 aromatic rings. The SMILES string of the molecule is CCN(C=O)C(=O)N1C[C@H](c2cccc(Cl)c2)[C@@](C#N)(c2ccc(Cl)cc2)[C@@H]1CC(C)(C)C. The first-order valence-electron chi connectivity index (χ1n) is 11.0. The largest absolute Gasteiger partial charge is 0.326 e. The predicted molar refractivity (Wildman–Crippen MR) is 131 cm³/mol. The van der Waals surface area contributed by atoms with Crippen molar-refractivity contribution in [3.63, 3.8) is 0 Å². The summed E-state index contributed by atoms with van der Waals surface area (Å²) in [5.74, 6) is -0.343. The number of nitrogens with zero attached hydrogens (tertiary/aromatic N) is 3. The lowest BCUT2D eigenvalue weighted by Gasteiger charge is -2.39. The van der Waals surface area contributed by atoms with E-state index < -0.39 is 11.5 Å². The van der Waals surface area contributed by atoms with Crippen LogP contribution in [0.3, 0.4) is 0 Å². The zero-order valence-corrected chi connectivity index (χ0v) is 20.9. The highest BCUT2D eigenvalue weighted by Gasteiger charge is 2.58. The molecule has 0 spiro atoms. The zero-order chi connectivity index (χ0) is 24.4. The second-order valence-corrected chi connectivity index (χ2v) is 10.6. The summed E-state index contributed by atoms with van der Waals surface area (Å²) in [7, 11) is 0. The van der Waals surface area contributed by atoms with Crippen LogP contribution in [-0.2, 0) is 10.2 Å². The number of carbonyl (C=O) groups is 2. The molecular formula is C26H29Cl2N3O2. The van der Waals surface area contributed by atoms with Gasteiger partial charge in [-0.25, -0.2) is 4.79 Å². The minimum absolute atomic E-state index is 0.181. The lowest BCUT2D eigenvalue weighted by Crippen LogP contribution is -2.51. The fourth-order valence-electron chi connectivity index (χ4n) is 4.86. The highest BCUT2D eigenvalue weighted by molar-refractivity contribution is 6.30. The number of benzene rings is 2. The van der Waals surface area contributed by atoms with Crippen LogP contribution in [0.1, 0.15) is 51.2 Å². The molecule has 0 unspecified atom stereocenters. The Morgan fingerprint density at radius 2 is 1.88 bits per heavy atom. The van der Waals surface area contributed by atoms with E-state index in [1.54, 1.807) is 30.0 Å². The van der Waals surface area contributed by atoms with Gasteiger partial charge in [0.2, 0.25) is 6.41 Å². The highest BCUT2D eigenvalue weighted by atomic mass is 35.5. The molecule has 0 aromatic heterocycles. The Hall–Kier alpha value is -2.55. The monoisotopic (exact) mass is 485 g/mol. The number of carbonyl (C=O) groups excluding carboxylic acids is 2. The molecule has 2 aromatic carbocycles. The number of hydrogen-bond acceptors (Lipinski definition) is 3. The second-order valence-electron chi connectivity index (χ2n) is 9.70. The number of amides is 3.